The van der Waals surface area contributed by atoms with E-state index in [0.29, 0.717) is 11.5 Å². The van der Waals surface area contributed by atoms with Crippen molar-refractivity contribution >= 4 is 0 Å². The molecule has 1 atom stereocenters. The zero-order chi connectivity index (χ0) is 12.4. The van der Waals surface area contributed by atoms with Crippen molar-refractivity contribution in [3.8, 4) is 0 Å². The predicted molar refractivity (Wildman–Crippen MR) is 69.2 cm³/mol. The smallest absolute Gasteiger partial charge is 0.0846 e. The third-order valence-electron chi connectivity index (χ3n) is 4.76. The molecule has 1 aliphatic carbocycles. The summed E-state index contributed by atoms with van der Waals surface area (Å²) < 4.78 is 11.2. The molecule has 0 radical (unpaired) electrons. The molecular formula is C14H27NO2. The molecule has 1 N–H and O–H groups in total. The number of hydrogen-bond acceptors (Lipinski definition) is 3. The average Bonchev–Trinajstić information content (AvgIpc) is 2.67. The van der Waals surface area contributed by atoms with Crippen LogP contribution >= 0.6 is 0 Å². The summed E-state index contributed by atoms with van der Waals surface area (Å²) in [5.74, 6) is 0. The lowest BCUT2D eigenvalue weighted by atomic mass is 9.86. The molecular weight excluding hydrogens is 214 g/mol. The van der Waals surface area contributed by atoms with Crippen LogP contribution in [-0.2, 0) is 9.47 Å². The highest BCUT2D eigenvalue weighted by molar-refractivity contribution is 4.93. The Labute approximate surface area is 105 Å². The Morgan fingerprint density at radius 2 is 1.94 bits per heavy atom. The van der Waals surface area contributed by atoms with E-state index in [1.165, 1.54) is 19.3 Å². The van der Waals surface area contributed by atoms with Crippen molar-refractivity contribution in [2.24, 2.45) is 5.41 Å². The van der Waals surface area contributed by atoms with Gasteiger partial charge in [-0.2, -0.15) is 0 Å². The number of hydrogen-bond donors (Lipinski definition) is 1. The van der Waals surface area contributed by atoms with E-state index in [4.69, 9.17) is 9.47 Å². The van der Waals surface area contributed by atoms with Crippen molar-refractivity contribution in [2.75, 3.05) is 26.9 Å². The fraction of sp³-hybridized carbons (Fsp3) is 1.00. The summed E-state index contributed by atoms with van der Waals surface area (Å²) in [6.07, 6.45) is 6.04. The lowest BCUT2D eigenvalue weighted by Gasteiger charge is -2.38. The Balaban J connectivity index is 1.87. The van der Waals surface area contributed by atoms with Gasteiger partial charge in [0.25, 0.3) is 0 Å². The predicted octanol–water partition coefficient (Wildman–Crippen LogP) is 2.35. The molecule has 0 aromatic carbocycles. The molecule has 17 heavy (non-hydrogen) atoms. The molecule has 0 aromatic heterocycles. The largest absolute Gasteiger partial charge is 0.381 e. The molecule has 1 heterocycles. The van der Waals surface area contributed by atoms with Crippen molar-refractivity contribution in [2.45, 2.75) is 57.6 Å². The van der Waals surface area contributed by atoms with Gasteiger partial charge in [0, 0.05) is 45.8 Å². The molecule has 3 heteroatoms. The van der Waals surface area contributed by atoms with Crippen LogP contribution in [0.15, 0.2) is 0 Å². The highest BCUT2D eigenvalue weighted by Crippen LogP contribution is 2.37. The molecule has 0 spiro atoms. The summed E-state index contributed by atoms with van der Waals surface area (Å²) in [4.78, 5) is 0. The minimum atomic E-state index is 0.0108. The van der Waals surface area contributed by atoms with Crippen LogP contribution in [0.5, 0.6) is 0 Å². The first-order valence-corrected chi connectivity index (χ1v) is 6.94. The van der Waals surface area contributed by atoms with Crippen molar-refractivity contribution in [3.05, 3.63) is 0 Å². The molecule has 0 aromatic rings. The normalized spacial score (nSPS) is 31.6. The van der Waals surface area contributed by atoms with Crippen molar-refractivity contribution in [3.63, 3.8) is 0 Å². The van der Waals surface area contributed by atoms with Gasteiger partial charge in [0.15, 0.2) is 0 Å². The van der Waals surface area contributed by atoms with Crippen molar-refractivity contribution < 1.29 is 9.47 Å². The zero-order valence-electron chi connectivity index (χ0n) is 11.6. The Morgan fingerprint density at radius 3 is 2.47 bits per heavy atom. The average molecular weight is 241 g/mol. The number of ether oxygens (including phenoxy) is 2. The molecule has 100 valence electrons. The van der Waals surface area contributed by atoms with E-state index >= 15 is 0 Å². The second-order valence-corrected chi connectivity index (χ2v) is 6.31. The zero-order valence-corrected chi connectivity index (χ0v) is 11.6. The van der Waals surface area contributed by atoms with E-state index in [0.717, 1.165) is 32.6 Å². The Morgan fingerprint density at radius 1 is 1.24 bits per heavy atom. The van der Waals surface area contributed by atoms with Crippen LogP contribution in [0.3, 0.4) is 0 Å². The van der Waals surface area contributed by atoms with E-state index in [9.17, 15) is 0 Å². The van der Waals surface area contributed by atoms with E-state index in [-0.39, 0.29) is 5.60 Å². The maximum Gasteiger partial charge on any atom is 0.0846 e. The minimum absolute atomic E-state index is 0.0108. The van der Waals surface area contributed by atoms with E-state index in [2.05, 4.69) is 19.2 Å². The van der Waals surface area contributed by atoms with Crippen LogP contribution in [0.2, 0.25) is 0 Å². The van der Waals surface area contributed by atoms with Crippen LogP contribution < -0.4 is 5.32 Å². The lowest BCUT2D eigenvalue weighted by Crippen LogP contribution is -2.51. The van der Waals surface area contributed by atoms with Gasteiger partial charge in [-0.15, -0.1) is 0 Å². The summed E-state index contributed by atoms with van der Waals surface area (Å²) in [6, 6.07) is 0.650. The number of nitrogens with one attached hydrogen (secondary N) is 1. The summed E-state index contributed by atoms with van der Waals surface area (Å²) >= 11 is 0. The van der Waals surface area contributed by atoms with Gasteiger partial charge in [0.2, 0.25) is 0 Å². The van der Waals surface area contributed by atoms with E-state index in [1.54, 1.807) is 0 Å². The van der Waals surface area contributed by atoms with Crippen LogP contribution in [0, 0.1) is 5.41 Å². The maximum absolute atomic E-state index is 5.76. The highest BCUT2D eigenvalue weighted by Gasteiger charge is 2.38. The molecule has 1 saturated carbocycles. The monoisotopic (exact) mass is 241 g/mol. The van der Waals surface area contributed by atoms with Gasteiger partial charge < -0.3 is 14.8 Å². The Hall–Kier alpha value is -0.120. The molecule has 1 aliphatic heterocycles. The van der Waals surface area contributed by atoms with Gasteiger partial charge in [0.1, 0.15) is 0 Å². The highest BCUT2D eigenvalue weighted by atomic mass is 16.5. The third kappa shape index (κ3) is 3.01. The maximum atomic E-state index is 5.76. The molecule has 0 bridgehead atoms. The van der Waals surface area contributed by atoms with Crippen molar-refractivity contribution in [1.82, 2.24) is 5.32 Å². The van der Waals surface area contributed by atoms with Gasteiger partial charge >= 0.3 is 0 Å². The minimum Gasteiger partial charge on any atom is -0.381 e. The van der Waals surface area contributed by atoms with Crippen LogP contribution in [-0.4, -0.2) is 38.5 Å². The second-order valence-electron chi connectivity index (χ2n) is 6.31. The third-order valence-corrected chi connectivity index (χ3v) is 4.76. The molecule has 0 unspecified atom stereocenters. The molecule has 1 saturated heterocycles. The topological polar surface area (TPSA) is 30.5 Å². The molecule has 0 amide bonds. The van der Waals surface area contributed by atoms with Gasteiger partial charge in [0.05, 0.1) is 5.60 Å². The van der Waals surface area contributed by atoms with E-state index in [1.807, 2.05) is 7.11 Å². The quantitative estimate of drug-likeness (QED) is 0.819. The van der Waals surface area contributed by atoms with Crippen molar-refractivity contribution in [1.29, 1.82) is 0 Å². The Kier molecular flexibility index (Phi) is 4.11. The number of methoxy groups -OCH3 is 1. The Bertz CT molecular complexity index is 247. The fourth-order valence-electron chi connectivity index (χ4n) is 3.21. The standard InChI is InChI=1S/C14H27NO2/c1-13(2)6-4-5-12(13)15-11-14(16-3)7-9-17-10-8-14/h12,15H,4-11H2,1-3H3/t12-/m0/s1. The second kappa shape index (κ2) is 5.25. The van der Waals surface area contributed by atoms with E-state index < -0.39 is 0 Å². The van der Waals surface area contributed by atoms with Gasteiger partial charge in [-0.3, -0.25) is 0 Å². The number of rotatable bonds is 4. The molecule has 2 fully saturated rings. The van der Waals surface area contributed by atoms with Gasteiger partial charge in [-0.25, -0.2) is 0 Å². The molecule has 3 nitrogen and oxygen atoms in total. The van der Waals surface area contributed by atoms with Crippen LogP contribution in [0.25, 0.3) is 0 Å². The summed E-state index contributed by atoms with van der Waals surface area (Å²) in [5, 5.41) is 3.75. The van der Waals surface area contributed by atoms with Crippen LogP contribution in [0.4, 0.5) is 0 Å². The first-order chi connectivity index (χ1) is 8.08. The SMILES string of the molecule is COC1(CN[C@H]2CCCC2(C)C)CCOCC1. The van der Waals surface area contributed by atoms with Gasteiger partial charge in [-0.1, -0.05) is 20.3 Å². The summed E-state index contributed by atoms with van der Waals surface area (Å²) in [5.41, 5.74) is 0.455. The van der Waals surface area contributed by atoms with Gasteiger partial charge in [-0.05, 0) is 18.3 Å². The molecule has 2 rings (SSSR count). The molecule has 2 aliphatic rings. The summed E-state index contributed by atoms with van der Waals surface area (Å²) in [6.45, 7) is 7.40. The first kappa shape index (κ1) is 13.3. The summed E-state index contributed by atoms with van der Waals surface area (Å²) in [7, 11) is 1.84. The first-order valence-electron chi connectivity index (χ1n) is 6.94. The van der Waals surface area contributed by atoms with Crippen LogP contribution in [0.1, 0.15) is 46.0 Å². The lowest BCUT2D eigenvalue weighted by molar-refractivity contribution is -0.0896. The fourth-order valence-corrected chi connectivity index (χ4v) is 3.21.